The minimum absolute atomic E-state index is 0.0430. The van der Waals surface area contributed by atoms with Gasteiger partial charge in [-0.25, -0.2) is 0 Å². The Morgan fingerprint density at radius 3 is 2.45 bits per heavy atom. The van der Waals surface area contributed by atoms with Crippen molar-refractivity contribution in [3.8, 4) is 5.75 Å². The summed E-state index contributed by atoms with van der Waals surface area (Å²) in [6.07, 6.45) is 0.550. The van der Waals surface area contributed by atoms with Crippen LogP contribution in [-0.4, -0.2) is 23.7 Å². The van der Waals surface area contributed by atoms with Gasteiger partial charge in [-0.15, -0.1) is 0 Å². The maximum absolute atomic E-state index is 12.0. The number of rotatable bonds is 7. The number of carbonyl (C=O) groups is 1. The molecule has 4 heteroatoms. The molecule has 0 aliphatic heterocycles. The number of aliphatic hydroxyl groups is 1. The highest BCUT2D eigenvalue weighted by molar-refractivity contribution is 5.94. The molecule has 0 fully saturated rings. The number of benzene rings is 2. The van der Waals surface area contributed by atoms with E-state index < -0.39 is 0 Å². The standard InChI is InChI=1S/C18H21NO3/c1-14(11-12-20)19-18(21)16-9-7-15(8-10-16)13-22-17-5-3-2-4-6-17/h2-10,14,20H,11-13H2,1H3,(H,19,21)/t14-/m1/s1. The van der Waals surface area contributed by atoms with E-state index in [4.69, 9.17) is 9.84 Å². The van der Waals surface area contributed by atoms with E-state index in [1.165, 1.54) is 0 Å². The summed E-state index contributed by atoms with van der Waals surface area (Å²) in [7, 11) is 0. The van der Waals surface area contributed by atoms with Crippen LogP contribution >= 0.6 is 0 Å². The number of hydrogen-bond acceptors (Lipinski definition) is 3. The number of nitrogens with one attached hydrogen (secondary N) is 1. The molecule has 4 nitrogen and oxygen atoms in total. The van der Waals surface area contributed by atoms with E-state index in [2.05, 4.69) is 5.32 Å². The predicted molar refractivity (Wildman–Crippen MR) is 85.8 cm³/mol. The van der Waals surface area contributed by atoms with E-state index in [-0.39, 0.29) is 18.6 Å². The van der Waals surface area contributed by atoms with Gasteiger partial charge in [-0.1, -0.05) is 30.3 Å². The number of hydrogen-bond donors (Lipinski definition) is 2. The van der Waals surface area contributed by atoms with Crippen molar-refractivity contribution in [1.82, 2.24) is 5.32 Å². The fourth-order valence-electron chi connectivity index (χ4n) is 2.01. The van der Waals surface area contributed by atoms with Crippen molar-refractivity contribution in [2.75, 3.05) is 6.61 Å². The maximum atomic E-state index is 12.0. The molecule has 1 amide bonds. The van der Waals surface area contributed by atoms with E-state index in [1.54, 1.807) is 12.1 Å². The summed E-state index contributed by atoms with van der Waals surface area (Å²) in [4.78, 5) is 12.0. The highest BCUT2D eigenvalue weighted by Gasteiger charge is 2.09. The molecule has 2 aromatic rings. The molecule has 0 heterocycles. The lowest BCUT2D eigenvalue weighted by molar-refractivity contribution is 0.0934. The third-order valence-electron chi connectivity index (χ3n) is 3.30. The molecule has 0 saturated heterocycles. The zero-order valence-corrected chi connectivity index (χ0v) is 12.7. The van der Waals surface area contributed by atoms with E-state index in [0.717, 1.165) is 11.3 Å². The Kier molecular flexibility index (Phi) is 5.98. The van der Waals surface area contributed by atoms with Gasteiger partial charge in [0.1, 0.15) is 12.4 Å². The summed E-state index contributed by atoms with van der Waals surface area (Å²) in [5, 5.41) is 11.7. The zero-order valence-electron chi connectivity index (χ0n) is 12.7. The lowest BCUT2D eigenvalue weighted by Crippen LogP contribution is -2.33. The molecule has 0 aliphatic rings. The molecule has 0 bridgehead atoms. The van der Waals surface area contributed by atoms with E-state index >= 15 is 0 Å². The molecule has 0 radical (unpaired) electrons. The number of ether oxygens (including phenoxy) is 1. The van der Waals surface area contributed by atoms with Gasteiger partial charge in [0.15, 0.2) is 0 Å². The normalized spacial score (nSPS) is 11.7. The van der Waals surface area contributed by atoms with Crippen molar-refractivity contribution in [3.05, 3.63) is 65.7 Å². The summed E-state index contributed by atoms with van der Waals surface area (Å²) in [6, 6.07) is 16.9. The number of para-hydroxylation sites is 1. The molecule has 0 unspecified atom stereocenters. The summed E-state index contributed by atoms with van der Waals surface area (Å²) < 4.78 is 5.66. The van der Waals surface area contributed by atoms with Crippen LogP contribution in [0.3, 0.4) is 0 Å². The van der Waals surface area contributed by atoms with Crippen LogP contribution in [0, 0.1) is 0 Å². The molecule has 22 heavy (non-hydrogen) atoms. The molecule has 0 spiro atoms. The number of amides is 1. The highest BCUT2D eigenvalue weighted by atomic mass is 16.5. The maximum Gasteiger partial charge on any atom is 0.251 e. The second kappa shape index (κ2) is 8.20. The quantitative estimate of drug-likeness (QED) is 0.826. The van der Waals surface area contributed by atoms with Crippen molar-refractivity contribution < 1.29 is 14.6 Å². The van der Waals surface area contributed by atoms with Gasteiger partial charge in [-0.05, 0) is 43.2 Å². The minimum atomic E-state index is -0.128. The molecule has 0 aliphatic carbocycles. The van der Waals surface area contributed by atoms with Crippen LogP contribution in [0.1, 0.15) is 29.3 Å². The second-order valence-corrected chi connectivity index (χ2v) is 5.19. The van der Waals surface area contributed by atoms with Crippen molar-refractivity contribution in [3.63, 3.8) is 0 Å². The van der Waals surface area contributed by atoms with E-state index in [1.807, 2.05) is 49.4 Å². The van der Waals surface area contributed by atoms with Crippen LogP contribution in [0.4, 0.5) is 0 Å². The fourth-order valence-corrected chi connectivity index (χ4v) is 2.01. The van der Waals surface area contributed by atoms with E-state index in [0.29, 0.717) is 18.6 Å². The Morgan fingerprint density at radius 1 is 1.14 bits per heavy atom. The monoisotopic (exact) mass is 299 g/mol. The molecule has 2 N–H and O–H groups in total. The molecule has 0 saturated carbocycles. The van der Waals surface area contributed by atoms with E-state index in [9.17, 15) is 4.79 Å². The SMILES string of the molecule is C[C@H](CCO)NC(=O)c1ccc(COc2ccccc2)cc1. The van der Waals surface area contributed by atoms with Gasteiger partial charge in [0.05, 0.1) is 0 Å². The van der Waals surface area contributed by atoms with Crippen LogP contribution in [0.15, 0.2) is 54.6 Å². The summed E-state index contributed by atoms with van der Waals surface area (Å²) in [5.41, 5.74) is 1.61. The average Bonchev–Trinajstić information content (AvgIpc) is 2.54. The van der Waals surface area contributed by atoms with Gasteiger partial charge in [0.2, 0.25) is 0 Å². The van der Waals surface area contributed by atoms with Crippen molar-refractivity contribution in [2.45, 2.75) is 26.0 Å². The van der Waals surface area contributed by atoms with Crippen molar-refractivity contribution >= 4 is 5.91 Å². The molecule has 2 rings (SSSR count). The fraction of sp³-hybridized carbons (Fsp3) is 0.278. The summed E-state index contributed by atoms with van der Waals surface area (Å²) >= 11 is 0. The van der Waals surface area contributed by atoms with Gasteiger partial charge >= 0.3 is 0 Å². The molecule has 116 valence electrons. The van der Waals surface area contributed by atoms with Gasteiger partial charge in [0.25, 0.3) is 5.91 Å². The smallest absolute Gasteiger partial charge is 0.251 e. The predicted octanol–water partition coefficient (Wildman–Crippen LogP) is 2.77. The first-order valence-corrected chi connectivity index (χ1v) is 7.37. The van der Waals surface area contributed by atoms with Crippen molar-refractivity contribution in [2.24, 2.45) is 0 Å². The first-order valence-electron chi connectivity index (χ1n) is 7.37. The van der Waals surface area contributed by atoms with Crippen molar-refractivity contribution in [1.29, 1.82) is 0 Å². The third kappa shape index (κ3) is 4.90. The van der Waals surface area contributed by atoms with Gasteiger partial charge in [-0.3, -0.25) is 4.79 Å². The first-order chi connectivity index (χ1) is 10.7. The molecular formula is C18H21NO3. The Balaban J connectivity index is 1.88. The Hall–Kier alpha value is -2.33. The Labute approximate surface area is 130 Å². The second-order valence-electron chi connectivity index (χ2n) is 5.19. The minimum Gasteiger partial charge on any atom is -0.489 e. The van der Waals surface area contributed by atoms with Crippen LogP contribution in [0.25, 0.3) is 0 Å². The summed E-state index contributed by atoms with van der Waals surface area (Å²) in [6.45, 7) is 2.40. The molecule has 2 aromatic carbocycles. The van der Waals surface area contributed by atoms with Crippen LogP contribution in [0.5, 0.6) is 5.75 Å². The lowest BCUT2D eigenvalue weighted by atomic mass is 10.1. The number of aliphatic hydroxyl groups excluding tert-OH is 1. The van der Waals surface area contributed by atoms with Gasteiger partial charge in [-0.2, -0.15) is 0 Å². The molecule has 0 aromatic heterocycles. The zero-order chi connectivity index (χ0) is 15.8. The third-order valence-corrected chi connectivity index (χ3v) is 3.30. The molecular weight excluding hydrogens is 278 g/mol. The van der Waals surface area contributed by atoms with Crippen LogP contribution in [0.2, 0.25) is 0 Å². The topological polar surface area (TPSA) is 58.6 Å². The van der Waals surface area contributed by atoms with Crippen LogP contribution < -0.4 is 10.1 Å². The first kappa shape index (κ1) is 16.0. The Bertz CT molecular complexity index is 581. The molecule has 1 atom stereocenters. The lowest BCUT2D eigenvalue weighted by Gasteiger charge is -2.12. The van der Waals surface area contributed by atoms with Crippen LogP contribution in [-0.2, 0) is 6.61 Å². The summed E-state index contributed by atoms with van der Waals surface area (Å²) in [5.74, 6) is 0.693. The number of carbonyl (C=O) groups excluding carboxylic acids is 1. The van der Waals surface area contributed by atoms with Gasteiger partial charge in [0, 0.05) is 18.2 Å². The highest BCUT2D eigenvalue weighted by Crippen LogP contribution is 2.12. The average molecular weight is 299 g/mol. The largest absolute Gasteiger partial charge is 0.489 e. The van der Waals surface area contributed by atoms with Gasteiger partial charge < -0.3 is 15.2 Å². The Morgan fingerprint density at radius 2 is 1.82 bits per heavy atom.